The lowest BCUT2D eigenvalue weighted by atomic mass is 10.0. The number of carbonyl (C=O) groups is 1. The average molecular weight is 424 g/mol. The molecular formula is C18H19F3N6OS. The molecule has 2 atom stereocenters. The zero-order chi connectivity index (χ0) is 20.8. The van der Waals surface area contributed by atoms with E-state index in [2.05, 4.69) is 20.8 Å². The SMILES string of the molecule is Cc1nn(C)cc1CNC(=O)c1cc2n(n1)[C@@H](C(F)(F)F)C[C@@H](c1cccs1)N2. The van der Waals surface area contributed by atoms with Crippen LogP contribution in [0, 0.1) is 6.92 Å². The molecule has 0 saturated carbocycles. The number of aromatic nitrogens is 4. The number of fused-ring (bicyclic) bond motifs is 1. The molecule has 4 heterocycles. The van der Waals surface area contributed by atoms with Crippen molar-refractivity contribution >= 4 is 23.1 Å². The topological polar surface area (TPSA) is 76.8 Å². The predicted octanol–water partition coefficient (Wildman–Crippen LogP) is 3.58. The molecule has 0 saturated heterocycles. The van der Waals surface area contributed by atoms with Crippen molar-refractivity contribution in [1.82, 2.24) is 24.9 Å². The van der Waals surface area contributed by atoms with Gasteiger partial charge in [-0.2, -0.15) is 23.4 Å². The minimum Gasteiger partial charge on any atom is -0.363 e. The molecule has 1 aliphatic rings. The highest BCUT2D eigenvalue weighted by molar-refractivity contribution is 7.10. The molecule has 0 aromatic carbocycles. The highest BCUT2D eigenvalue weighted by Gasteiger charge is 2.47. The number of anilines is 1. The molecule has 11 heteroatoms. The van der Waals surface area contributed by atoms with E-state index in [0.29, 0.717) is 0 Å². The molecule has 3 aromatic heterocycles. The van der Waals surface area contributed by atoms with Crippen LogP contribution in [0.3, 0.4) is 0 Å². The summed E-state index contributed by atoms with van der Waals surface area (Å²) in [7, 11) is 1.77. The highest BCUT2D eigenvalue weighted by Crippen LogP contribution is 2.44. The first-order valence-electron chi connectivity index (χ1n) is 8.96. The third-order valence-corrected chi connectivity index (χ3v) is 5.85. The van der Waals surface area contributed by atoms with Crippen molar-refractivity contribution in [2.24, 2.45) is 7.05 Å². The number of nitrogens with one attached hydrogen (secondary N) is 2. The Bertz CT molecular complexity index is 1020. The summed E-state index contributed by atoms with van der Waals surface area (Å²) < 4.78 is 43.5. The number of alkyl halides is 3. The number of halogens is 3. The fourth-order valence-electron chi connectivity index (χ4n) is 3.45. The van der Waals surface area contributed by atoms with Crippen LogP contribution in [0.25, 0.3) is 0 Å². The molecule has 4 rings (SSSR count). The summed E-state index contributed by atoms with van der Waals surface area (Å²) >= 11 is 1.39. The van der Waals surface area contributed by atoms with Gasteiger partial charge < -0.3 is 10.6 Å². The molecular weight excluding hydrogens is 405 g/mol. The summed E-state index contributed by atoms with van der Waals surface area (Å²) in [5, 5.41) is 15.8. The average Bonchev–Trinajstić information content (AvgIpc) is 3.37. The van der Waals surface area contributed by atoms with Crippen molar-refractivity contribution in [1.29, 1.82) is 0 Å². The molecule has 2 N–H and O–H groups in total. The summed E-state index contributed by atoms with van der Waals surface area (Å²) in [6.07, 6.45) is -2.88. The first kappa shape index (κ1) is 19.5. The summed E-state index contributed by atoms with van der Waals surface area (Å²) in [4.78, 5) is 13.3. The summed E-state index contributed by atoms with van der Waals surface area (Å²) in [5.41, 5.74) is 1.54. The van der Waals surface area contributed by atoms with Crippen molar-refractivity contribution in [3.63, 3.8) is 0 Å². The van der Waals surface area contributed by atoms with Crippen LogP contribution in [-0.2, 0) is 13.6 Å². The Hall–Kier alpha value is -2.82. The van der Waals surface area contributed by atoms with E-state index in [0.717, 1.165) is 20.8 Å². The monoisotopic (exact) mass is 424 g/mol. The lowest BCUT2D eigenvalue weighted by Gasteiger charge is -2.32. The minimum absolute atomic E-state index is 0.0601. The van der Waals surface area contributed by atoms with Crippen molar-refractivity contribution < 1.29 is 18.0 Å². The lowest BCUT2D eigenvalue weighted by Crippen LogP contribution is -2.35. The molecule has 29 heavy (non-hydrogen) atoms. The molecule has 0 radical (unpaired) electrons. The maximum atomic E-state index is 13.7. The van der Waals surface area contributed by atoms with Crippen LogP contribution >= 0.6 is 11.3 Å². The Balaban J connectivity index is 1.57. The molecule has 0 spiro atoms. The normalized spacial score (nSPS) is 18.9. The Morgan fingerprint density at radius 2 is 2.21 bits per heavy atom. The number of hydrogen-bond donors (Lipinski definition) is 2. The number of carbonyl (C=O) groups excluding carboxylic acids is 1. The number of rotatable bonds is 4. The van der Waals surface area contributed by atoms with Gasteiger partial charge in [0.15, 0.2) is 11.7 Å². The van der Waals surface area contributed by atoms with Gasteiger partial charge in [0.05, 0.1) is 11.7 Å². The van der Waals surface area contributed by atoms with Gasteiger partial charge in [0.2, 0.25) is 0 Å². The van der Waals surface area contributed by atoms with E-state index in [1.54, 1.807) is 30.1 Å². The number of aryl methyl sites for hydroxylation is 2. The Labute approximate surface area is 168 Å². The Kier molecular flexibility index (Phi) is 4.85. The van der Waals surface area contributed by atoms with Crippen LogP contribution in [0.5, 0.6) is 0 Å². The van der Waals surface area contributed by atoms with E-state index in [1.165, 1.54) is 17.4 Å². The van der Waals surface area contributed by atoms with Gasteiger partial charge in [-0.05, 0) is 18.4 Å². The maximum Gasteiger partial charge on any atom is 0.410 e. The van der Waals surface area contributed by atoms with Crippen LogP contribution < -0.4 is 10.6 Å². The molecule has 0 unspecified atom stereocenters. The van der Waals surface area contributed by atoms with E-state index in [-0.39, 0.29) is 24.5 Å². The van der Waals surface area contributed by atoms with Gasteiger partial charge in [0, 0.05) is 42.7 Å². The maximum absolute atomic E-state index is 13.7. The zero-order valence-corrected chi connectivity index (χ0v) is 16.5. The van der Waals surface area contributed by atoms with Crippen LogP contribution in [0.2, 0.25) is 0 Å². The summed E-state index contributed by atoms with van der Waals surface area (Å²) in [5.74, 6) is -0.356. The number of thiophene rings is 1. The van der Waals surface area contributed by atoms with Crippen LogP contribution in [0.15, 0.2) is 29.8 Å². The highest BCUT2D eigenvalue weighted by atomic mass is 32.1. The summed E-state index contributed by atoms with van der Waals surface area (Å²) in [6.45, 7) is 2.04. The molecule has 154 valence electrons. The fraction of sp³-hybridized carbons (Fsp3) is 0.389. The van der Waals surface area contributed by atoms with Gasteiger partial charge in [-0.25, -0.2) is 4.68 Å². The van der Waals surface area contributed by atoms with Gasteiger partial charge in [-0.1, -0.05) is 6.07 Å². The lowest BCUT2D eigenvalue weighted by molar-refractivity contribution is -0.173. The Morgan fingerprint density at radius 1 is 1.41 bits per heavy atom. The smallest absolute Gasteiger partial charge is 0.363 e. The van der Waals surface area contributed by atoms with Crippen molar-refractivity contribution in [3.8, 4) is 0 Å². The summed E-state index contributed by atoms with van der Waals surface area (Å²) in [6, 6.07) is 2.68. The van der Waals surface area contributed by atoms with Gasteiger partial charge in [0.1, 0.15) is 5.82 Å². The van der Waals surface area contributed by atoms with Crippen molar-refractivity contribution in [3.05, 3.63) is 51.6 Å². The third-order valence-electron chi connectivity index (χ3n) is 4.86. The second kappa shape index (κ2) is 7.21. The van der Waals surface area contributed by atoms with Crippen LogP contribution in [0.4, 0.5) is 19.0 Å². The number of amides is 1. The molecule has 7 nitrogen and oxygen atoms in total. The van der Waals surface area contributed by atoms with Crippen LogP contribution in [-0.4, -0.2) is 31.6 Å². The zero-order valence-electron chi connectivity index (χ0n) is 15.7. The van der Waals surface area contributed by atoms with Crippen LogP contribution in [0.1, 0.15) is 45.1 Å². The standard InChI is InChI=1S/C18H19F3N6OS/c1-10-11(9-26(2)24-10)8-22-17(28)13-7-16-23-12(14-4-3-5-29-14)6-15(18(19,20)21)27(16)25-13/h3-5,7,9,12,15,23H,6,8H2,1-2H3,(H,22,28)/t12-,15+/m0/s1. The van der Waals surface area contributed by atoms with E-state index >= 15 is 0 Å². The van der Waals surface area contributed by atoms with Gasteiger partial charge in [0.25, 0.3) is 5.91 Å². The van der Waals surface area contributed by atoms with Crippen molar-refractivity contribution in [2.45, 2.75) is 38.1 Å². The quantitative estimate of drug-likeness (QED) is 0.671. The van der Waals surface area contributed by atoms with Gasteiger partial charge in [-0.3, -0.25) is 9.48 Å². The molecule has 1 amide bonds. The molecule has 1 aliphatic heterocycles. The van der Waals surface area contributed by atoms with Gasteiger partial charge in [-0.15, -0.1) is 11.3 Å². The van der Waals surface area contributed by atoms with E-state index in [9.17, 15) is 18.0 Å². The molecule has 0 aliphatic carbocycles. The second-order valence-corrected chi connectivity index (χ2v) is 7.94. The van der Waals surface area contributed by atoms with Crippen molar-refractivity contribution in [2.75, 3.05) is 5.32 Å². The molecule has 0 bridgehead atoms. The fourth-order valence-corrected chi connectivity index (χ4v) is 4.24. The van der Waals surface area contributed by atoms with E-state index in [1.807, 2.05) is 12.3 Å². The number of nitrogens with zero attached hydrogens (tertiary/aromatic N) is 4. The number of hydrogen-bond acceptors (Lipinski definition) is 5. The second-order valence-electron chi connectivity index (χ2n) is 6.96. The minimum atomic E-state index is -4.47. The predicted molar refractivity (Wildman–Crippen MR) is 102 cm³/mol. The molecule has 0 fully saturated rings. The third kappa shape index (κ3) is 3.86. The first-order valence-corrected chi connectivity index (χ1v) is 9.84. The molecule has 3 aromatic rings. The van der Waals surface area contributed by atoms with E-state index < -0.39 is 24.2 Å². The van der Waals surface area contributed by atoms with E-state index in [4.69, 9.17) is 0 Å². The Morgan fingerprint density at radius 3 is 2.83 bits per heavy atom. The first-order chi connectivity index (χ1) is 13.7. The van der Waals surface area contributed by atoms with Gasteiger partial charge >= 0.3 is 6.18 Å². The largest absolute Gasteiger partial charge is 0.410 e.